The lowest BCUT2D eigenvalue weighted by Gasteiger charge is -2.29. The summed E-state index contributed by atoms with van der Waals surface area (Å²) in [4.78, 5) is 20.1. The number of hydrogen-bond donors (Lipinski definition) is 1. The van der Waals surface area contributed by atoms with E-state index < -0.39 is 5.54 Å². The molecule has 0 aromatic heterocycles. The molecule has 0 fully saturated rings. The lowest BCUT2D eigenvalue weighted by molar-refractivity contribution is 0.0580. The van der Waals surface area contributed by atoms with Gasteiger partial charge in [-0.2, -0.15) is 0 Å². The van der Waals surface area contributed by atoms with Gasteiger partial charge in [0, 0.05) is 29.1 Å². The molecule has 2 aromatic carbocycles. The van der Waals surface area contributed by atoms with Crippen molar-refractivity contribution in [2.75, 3.05) is 6.54 Å². The maximum Gasteiger partial charge on any atom is 0.318 e. The highest BCUT2D eigenvalue weighted by molar-refractivity contribution is 6.34. The van der Waals surface area contributed by atoms with E-state index in [9.17, 15) is 9.18 Å². The Morgan fingerprint density at radius 2 is 2.03 bits per heavy atom. The van der Waals surface area contributed by atoms with E-state index in [2.05, 4.69) is 10.5 Å². The first-order valence-electron chi connectivity index (χ1n) is 9.50. The molecule has 5 nitrogen and oxygen atoms in total. The highest BCUT2D eigenvalue weighted by Crippen LogP contribution is 2.24. The molecule has 3 rings (SSSR count). The van der Waals surface area contributed by atoms with Crippen molar-refractivity contribution >= 4 is 23.3 Å². The summed E-state index contributed by atoms with van der Waals surface area (Å²) in [7, 11) is 0. The Balaban J connectivity index is 1.71. The van der Waals surface area contributed by atoms with E-state index in [1.807, 2.05) is 39.0 Å². The number of amides is 2. The highest BCUT2D eigenvalue weighted by Gasteiger charge is 2.29. The quantitative estimate of drug-likeness (QED) is 0.745. The van der Waals surface area contributed by atoms with Gasteiger partial charge in [-0.15, -0.1) is 0 Å². The van der Waals surface area contributed by atoms with E-state index in [0.717, 1.165) is 11.3 Å². The zero-order valence-electron chi connectivity index (χ0n) is 16.8. The van der Waals surface area contributed by atoms with Crippen molar-refractivity contribution in [2.24, 2.45) is 5.16 Å². The van der Waals surface area contributed by atoms with Gasteiger partial charge in [0.05, 0.1) is 12.3 Å². The van der Waals surface area contributed by atoms with Gasteiger partial charge in [-0.1, -0.05) is 47.1 Å². The first kappa shape index (κ1) is 21.1. The second kappa shape index (κ2) is 8.82. The molecule has 1 atom stereocenters. The van der Waals surface area contributed by atoms with Gasteiger partial charge in [-0.3, -0.25) is 0 Å². The minimum Gasteiger partial charge on any atom is -0.390 e. The molecular formula is C22H25ClFN3O2. The molecule has 154 valence electrons. The molecule has 7 heteroatoms. The van der Waals surface area contributed by atoms with E-state index in [1.165, 1.54) is 12.1 Å². The number of carbonyl (C=O) groups excluding carboxylic acids is 1. The summed E-state index contributed by atoms with van der Waals surface area (Å²) >= 11 is 6.26. The summed E-state index contributed by atoms with van der Waals surface area (Å²) < 4.78 is 13.6. The third kappa shape index (κ3) is 5.94. The average molecular weight is 418 g/mol. The molecule has 1 aliphatic rings. The Bertz CT molecular complexity index is 911. The molecule has 0 radical (unpaired) electrons. The zero-order chi connectivity index (χ0) is 21.0. The lowest BCUT2D eigenvalue weighted by Crippen LogP contribution is -2.50. The van der Waals surface area contributed by atoms with Gasteiger partial charge in [0.1, 0.15) is 5.82 Å². The Morgan fingerprint density at radius 3 is 2.72 bits per heavy atom. The van der Waals surface area contributed by atoms with Crippen LogP contribution in [0.15, 0.2) is 53.7 Å². The fourth-order valence-electron chi connectivity index (χ4n) is 3.10. The van der Waals surface area contributed by atoms with Gasteiger partial charge in [0.25, 0.3) is 0 Å². The van der Waals surface area contributed by atoms with E-state index in [0.29, 0.717) is 23.6 Å². The van der Waals surface area contributed by atoms with Crippen LogP contribution in [0.25, 0.3) is 0 Å². The fraction of sp³-hybridized carbons (Fsp3) is 0.364. The number of nitrogens with one attached hydrogen (secondary N) is 1. The molecule has 1 aliphatic heterocycles. The maximum atomic E-state index is 13.6. The van der Waals surface area contributed by atoms with Gasteiger partial charge in [0.15, 0.2) is 6.10 Å². The number of benzene rings is 2. The first-order chi connectivity index (χ1) is 13.7. The zero-order valence-corrected chi connectivity index (χ0v) is 17.5. The number of hydrogen-bond acceptors (Lipinski definition) is 3. The summed E-state index contributed by atoms with van der Waals surface area (Å²) in [5.74, 6) is -0.333. The van der Waals surface area contributed by atoms with Crippen LogP contribution < -0.4 is 5.32 Å². The number of nitrogens with zero attached hydrogens (tertiary/aromatic N) is 2. The summed E-state index contributed by atoms with van der Waals surface area (Å²) in [5.41, 5.74) is 1.89. The van der Waals surface area contributed by atoms with Crippen molar-refractivity contribution in [1.29, 1.82) is 0 Å². The SMILES string of the molecule is CC(C)(C)NC(=O)N(Cc1cccc(F)c1)CC1CC(c2ccccc2Cl)=NO1. The predicted molar refractivity (Wildman–Crippen MR) is 113 cm³/mol. The van der Waals surface area contributed by atoms with Gasteiger partial charge in [0.2, 0.25) is 0 Å². The van der Waals surface area contributed by atoms with Crippen LogP contribution >= 0.6 is 11.6 Å². The number of oxime groups is 1. The normalized spacial score (nSPS) is 16.2. The van der Waals surface area contributed by atoms with Gasteiger partial charge >= 0.3 is 6.03 Å². The van der Waals surface area contributed by atoms with E-state index in [-0.39, 0.29) is 24.5 Å². The topological polar surface area (TPSA) is 53.9 Å². The largest absolute Gasteiger partial charge is 0.390 e. The number of carbonyl (C=O) groups is 1. The van der Waals surface area contributed by atoms with Crippen molar-refractivity contribution in [3.63, 3.8) is 0 Å². The summed E-state index contributed by atoms with van der Waals surface area (Å²) in [6.07, 6.45) is 0.229. The summed E-state index contributed by atoms with van der Waals surface area (Å²) in [5, 5.41) is 7.74. The molecule has 0 saturated heterocycles. The molecule has 1 heterocycles. The van der Waals surface area contributed by atoms with Crippen molar-refractivity contribution in [1.82, 2.24) is 10.2 Å². The van der Waals surface area contributed by atoms with Crippen molar-refractivity contribution in [3.05, 3.63) is 70.5 Å². The highest BCUT2D eigenvalue weighted by atomic mass is 35.5. The van der Waals surface area contributed by atoms with Crippen LogP contribution in [-0.2, 0) is 11.4 Å². The number of rotatable bonds is 5. The standard InChI is InChI=1S/C22H25ClFN3O2/c1-22(2,3)25-21(28)27(13-15-7-6-8-16(24)11-15)14-17-12-20(26-29-17)18-9-4-5-10-19(18)23/h4-11,17H,12-14H2,1-3H3,(H,25,28). The molecule has 0 bridgehead atoms. The van der Waals surface area contributed by atoms with Crippen molar-refractivity contribution < 1.29 is 14.0 Å². The minimum atomic E-state index is -0.396. The van der Waals surface area contributed by atoms with Crippen LogP contribution in [0, 0.1) is 5.82 Å². The number of halogens is 2. The van der Waals surface area contributed by atoms with E-state index >= 15 is 0 Å². The third-order valence-electron chi connectivity index (χ3n) is 4.37. The smallest absolute Gasteiger partial charge is 0.318 e. The van der Waals surface area contributed by atoms with Crippen LogP contribution in [-0.4, -0.2) is 34.8 Å². The number of urea groups is 1. The van der Waals surface area contributed by atoms with Gasteiger partial charge in [-0.25, -0.2) is 9.18 Å². The van der Waals surface area contributed by atoms with E-state index in [4.69, 9.17) is 16.4 Å². The van der Waals surface area contributed by atoms with Crippen LogP contribution in [0.3, 0.4) is 0 Å². The average Bonchev–Trinajstić information content (AvgIpc) is 3.08. The van der Waals surface area contributed by atoms with Crippen molar-refractivity contribution in [3.8, 4) is 0 Å². The second-order valence-corrected chi connectivity index (χ2v) is 8.55. The minimum absolute atomic E-state index is 0.239. The van der Waals surface area contributed by atoms with Crippen LogP contribution in [0.1, 0.15) is 38.3 Å². The monoisotopic (exact) mass is 417 g/mol. The Labute approximate surface area is 175 Å². The maximum absolute atomic E-state index is 13.6. The van der Waals surface area contributed by atoms with Crippen LogP contribution in [0.5, 0.6) is 0 Å². The summed E-state index contributed by atoms with van der Waals surface area (Å²) in [6.45, 7) is 6.32. The first-order valence-corrected chi connectivity index (χ1v) is 9.88. The molecule has 1 N–H and O–H groups in total. The van der Waals surface area contributed by atoms with Crippen LogP contribution in [0.2, 0.25) is 5.02 Å². The van der Waals surface area contributed by atoms with Gasteiger partial charge < -0.3 is 15.1 Å². The van der Waals surface area contributed by atoms with Crippen molar-refractivity contribution in [2.45, 2.75) is 45.4 Å². The summed E-state index contributed by atoms with van der Waals surface area (Å²) in [6, 6.07) is 13.4. The Kier molecular flexibility index (Phi) is 6.42. The molecule has 0 spiro atoms. The molecule has 0 aliphatic carbocycles. The molecule has 2 amide bonds. The third-order valence-corrected chi connectivity index (χ3v) is 4.70. The molecule has 2 aromatic rings. The van der Waals surface area contributed by atoms with E-state index in [1.54, 1.807) is 23.1 Å². The molecule has 0 saturated carbocycles. The molecule has 1 unspecified atom stereocenters. The Morgan fingerprint density at radius 1 is 1.28 bits per heavy atom. The van der Waals surface area contributed by atoms with Crippen LogP contribution in [0.4, 0.5) is 9.18 Å². The molecule has 29 heavy (non-hydrogen) atoms. The van der Waals surface area contributed by atoms with Gasteiger partial charge in [-0.05, 0) is 44.5 Å². The molecular weight excluding hydrogens is 393 g/mol. The predicted octanol–water partition coefficient (Wildman–Crippen LogP) is 4.98. The Hall–Kier alpha value is -2.60. The second-order valence-electron chi connectivity index (χ2n) is 8.14. The lowest BCUT2D eigenvalue weighted by atomic mass is 10.0. The fourth-order valence-corrected chi connectivity index (χ4v) is 3.35.